The van der Waals surface area contributed by atoms with Crippen LogP contribution in [0.2, 0.25) is 0 Å². The van der Waals surface area contributed by atoms with Gasteiger partial charge in [0.1, 0.15) is 0 Å². The Hall–Kier alpha value is -1.28. The predicted octanol–water partition coefficient (Wildman–Crippen LogP) is 0.681. The number of anilines is 2. The van der Waals surface area contributed by atoms with Crippen molar-refractivity contribution in [3.05, 3.63) is 24.3 Å². The number of sulfonamides is 1. The molecule has 1 atom stereocenters. The van der Waals surface area contributed by atoms with E-state index < -0.39 is 19.9 Å². The zero-order valence-corrected chi connectivity index (χ0v) is 13.0. The molecule has 1 aliphatic rings. The highest BCUT2D eigenvalue weighted by atomic mass is 32.2. The first kappa shape index (κ1) is 15.1. The van der Waals surface area contributed by atoms with Gasteiger partial charge >= 0.3 is 0 Å². The summed E-state index contributed by atoms with van der Waals surface area (Å²) in [5.41, 5.74) is 1.36. The Labute approximate surface area is 119 Å². The average molecular weight is 318 g/mol. The third-order valence-electron chi connectivity index (χ3n) is 3.33. The van der Waals surface area contributed by atoms with E-state index >= 15 is 0 Å². The third kappa shape index (κ3) is 3.86. The van der Waals surface area contributed by atoms with Crippen LogP contribution in [0.3, 0.4) is 0 Å². The molecule has 20 heavy (non-hydrogen) atoms. The van der Waals surface area contributed by atoms with E-state index in [1.807, 2.05) is 11.9 Å². The molecule has 0 amide bonds. The first-order valence-electron chi connectivity index (χ1n) is 6.17. The van der Waals surface area contributed by atoms with Crippen molar-refractivity contribution in [3.8, 4) is 0 Å². The molecule has 1 aromatic carbocycles. The number of sulfone groups is 1. The molecule has 6 nitrogen and oxygen atoms in total. The van der Waals surface area contributed by atoms with Crippen LogP contribution in [0.4, 0.5) is 11.4 Å². The summed E-state index contributed by atoms with van der Waals surface area (Å²) in [7, 11) is -4.35. The molecular formula is C12H18N2O4S2. The number of nitrogens with one attached hydrogen (secondary N) is 1. The van der Waals surface area contributed by atoms with E-state index in [-0.39, 0.29) is 17.5 Å². The molecule has 0 aliphatic carbocycles. The van der Waals surface area contributed by atoms with Crippen LogP contribution in [0.1, 0.15) is 6.42 Å². The largest absolute Gasteiger partial charge is 0.371 e. The molecule has 0 saturated carbocycles. The fourth-order valence-corrected chi connectivity index (χ4v) is 4.61. The third-order valence-corrected chi connectivity index (χ3v) is 5.69. The first-order valence-corrected chi connectivity index (χ1v) is 9.89. The Morgan fingerprint density at radius 1 is 1.25 bits per heavy atom. The minimum atomic E-state index is -3.28. The minimum Gasteiger partial charge on any atom is -0.371 e. The van der Waals surface area contributed by atoms with E-state index in [2.05, 4.69) is 4.72 Å². The Kier molecular flexibility index (Phi) is 3.97. The quantitative estimate of drug-likeness (QED) is 0.882. The van der Waals surface area contributed by atoms with E-state index in [9.17, 15) is 16.8 Å². The second kappa shape index (κ2) is 5.25. The second-order valence-electron chi connectivity index (χ2n) is 5.09. The van der Waals surface area contributed by atoms with Gasteiger partial charge in [-0.1, -0.05) is 0 Å². The van der Waals surface area contributed by atoms with Crippen LogP contribution in [0.15, 0.2) is 24.3 Å². The first-order chi connectivity index (χ1) is 9.16. The lowest BCUT2D eigenvalue weighted by Crippen LogP contribution is -2.32. The molecular weight excluding hydrogens is 300 g/mol. The topological polar surface area (TPSA) is 83.6 Å². The molecule has 112 valence electrons. The summed E-state index contributed by atoms with van der Waals surface area (Å²) >= 11 is 0. The van der Waals surface area contributed by atoms with E-state index in [1.165, 1.54) is 0 Å². The van der Waals surface area contributed by atoms with Gasteiger partial charge in [0.25, 0.3) is 0 Å². The highest BCUT2D eigenvalue weighted by molar-refractivity contribution is 7.92. The maximum Gasteiger partial charge on any atom is 0.229 e. The van der Waals surface area contributed by atoms with Crippen LogP contribution in [0, 0.1) is 0 Å². The van der Waals surface area contributed by atoms with Gasteiger partial charge in [0.05, 0.1) is 17.8 Å². The zero-order valence-electron chi connectivity index (χ0n) is 11.4. The van der Waals surface area contributed by atoms with Crippen molar-refractivity contribution >= 4 is 31.2 Å². The summed E-state index contributed by atoms with van der Waals surface area (Å²) in [6.07, 6.45) is 1.72. The smallest absolute Gasteiger partial charge is 0.229 e. The van der Waals surface area contributed by atoms with Gasteiger partial charge in [0.15, 0.2) is 9.84 Å². The van der Waals surface area contributed by atoms with Crippen molar-refractivity contribution in [3.63, 3.8) is 0 Å². The molecule has 2 rings (SSSR count). The zero-order chi connectivity index (χ0) is 15.0. The van der Waals surface area contributed by atoms with Gasteiger partial charge in [-0.2, -0.15) is 0 Å². The highest BCUT2D eigenvalue weighted by Crippen LogP contribution is 2.24. The molecule has 1 saturated heterocycles. The maximum atomic E-state index is 11.5. The number of rotatable bonds is 4. The van der Waals surface area contributed by atoms with E-state index in [0.717, 1.165) is 11.9 Å². The van der Waals surface area contributed by atoms with E-state index in [4.69, 9.17) is 0 Å². The molecule has 8 heteroatoms. The fourth-order valence-electron chi connectivity index (χ4n) is 2.27. The van der Waals surface area contributed by atoms with E-state index in [0.29, 0.717) is 12.1 Å². The summed E-state index contributed by atoms with van der Waals surface area (Å²) in [5.74, 6) is 0.405. The molecule has 1 unspecified atom stereocenters. The van der Waals surface area contributed by atoms with Crippen LogP contribution in [0.25, 0.3) is 0 Å². The molecule has 0 spiro atoms. The van der Waals surface area contributed by atoms with Crippen LogP contribution in [0.5, 0.6) is 0 Å². The summed E-state index contributed by atoms with van der Waals surface area (Å²) in [6, 6.07) is 6.86. The van der Waals surface area contributed by atoms with Gasteiger partial charge in [0.2, 0.25) is 10.0 Å². The van der Waals surface area contributed by atoms with Crippen LogP contribution in [-0.2, 0) is 19.9 Å². The van der Waals surface area contributed by atoms with Crippen molar-refractivity contribution in [1.82, 2.24) is 0 Å². The molecule has 0 radical (unpaired) electrons. The Balaban J connectivity index is 2.10. The van der Waals surface area contributed by atoms with Gasteiger partial charge in [-0.3, -0.25) is 4.72 Å². The monoisotopic (exact) mass is 318 g/mol. The van der Waals surface area contributed by atoms with Crippen molar-refractivity contribution < 1.29 is 16.8 Å². The molecule has 1 aliphatic heterocycles. The summed E-state index contributed by atoms with van der Waals surface area (Å²) in [4.78, 5) is 1.93. The number of hydrogen-bond acceptors (Lipinski definition) is 5. The van der Waals surface area contributed by atoms with E-state index in [1.54, 1.807) is 24.3 Å². The molecule has 0 aromatic heterocycles. The van der Waals surface area contributed by atoms with Crippen LogP contribution < -0.4 is 9.62 Å². The predicted molar refractivity (Wildman–Crippen MR) is 80.4 cm³/mol. The Morgan fingerprint density at radius 3 is 2.30 bits per heavy atom. The second-order valence-corrected chi connectivity index (χ2v) is 9.07. The molecule has 1 heterocycles. The van der Waals surface area contributed by atoms with Crippen molar-refractivity contribution in [2.24, 2.45) is 0 Å². The van der Waals surface area contributed by atoms with Gasteiger partial charge in [-0.05, 0) is 30.7 Å². The normalized spacial score (nSPS) is 21.6. The summed E-state index contributed by atoms with van der Waals surface area (Å²) < 4.78 is 47.6. The van der Waals surface area contributed by atoms with Gasteiger partial charge in [-0.15, -0.1) is 0 Å². The number of nitrogens with zero attached hydrogens (tertiary/aromatic N) is 1. The van der Waals surface area contributed by atoms with Gasteiger partial charge in [-0.25, -0.2) is 16.8 Å². The average Bonchev–Trinajstić information content (AvgIpc) is 2.68. The van der Waals surface area contributed by atoms with Crippen molar-refractivity contribution in [2.45, 2.75) is 12.5 Å². The number of benzene rings is 1. The lowest BCUT2D eigenvalue weighted by Gasteiger charge is -2.25. The summed E-state index contributed by atoms with van der Waals surface area (Å²) in [6.45, 7) is 0. The molecule has 0 bridgehead atoms. The fraction of sp³-hybridized carbons (Fsp3) is 0.500. The highest BCUT2D eigenvalue weighted by Gasteiger charge is 2.30. The van der Waals surface area contributed by atoms with Gasteiger partial charge < -0.3 is 4.90 Å². The molecule has 1 N–H and O–H groups in total. The maximum absolute atomic E-state index is 11.5. The Bertz CT molecular complexity index is 681. The SMILES string of the molecule is CN(c1ccc(NS(C)(=O)=O)cc1)C1CCS(=O)(=O)C1. The van der Waals surface area contributed by atoms with Crippen LogP contribution in [-0.4, -0.2) is 47.7 Å². The standard InChI is InChI=1S/C12H18N2O4S2/c1-14(12-7-8-20(17,18)9-12)11-5-3-10(4-6-11)13-19(2,15)16/h3-6,12-13H,7-9H2,1-2H3. The van der Waals surface area contributed by atoms with Crippen molar-refractivity contribution in [2.75, 3.05) is 34.4 Å². The molecule has 1 fully saturated rings. The lowest BCUT2D eigenvalue weighted by molar-refractivity contribution is 0.600. The molecule has 1 aromatic rings. The van der Waals surface area contributed by atoms with Crippen molar-refractivity contribution in [1.29, 1.82) is 0 Å². The van der Waals surface area contributed by atoms with Gasteiger partial charge in [0, 0.05) is 24.5 Å². The minimum absolute atomic E-state index is 0.0197. The number of hydrogen-bond donors (Lipinski definition) is 1. The van der Waals surface area contributed by atoms with Crippen LogP contribution >= 0.6 is 0 Å². The lowest BCUT2D eigenvalue weighted by atomic mass is 10.2. The summed E-state index contributed by atoms with van der Waals surface area (Å²) in [5, 5.41) is 0. The Morgan fingerprint density at radius 2 is 1.85 bits per heavy atom.